The van der Waals surface area contributed by atoms with Gasteiger partial charge in [-0.2, -0.15) is 5.12 Å². The molecular formula is C11H27N3. The van der Waals surface area contributed by atoms with Crippen LogP contribution in [0.3, 0.4) is 0 Å². The minimum absolute atomic E-state index is 1.07. The summed E-state index contributed by atoms with van der Waals surface area (Å²) >= 11 is 0. The first-order valence-corrected chi connectivity index (χ1v) is 6.02. The van der Waals surface area contributed by atoms with Crippen molar-refractivity contribution in [2.45, 2.75) is 52.4 Å². The Kier molecular flexibility index (Phi) is 10.9. The van der Waals surface area contributed by atoms with Crippen molar-refractivity contribution in [1.82, 2.24) is 16.0 Å². The Morgan fingerprint density at radius 1 is 0.786 bits per heavy atom. The summed E-state index contributed by atoms with van der Waals surface area (Å²) in [5, 5.41) is 1.99. The van der Waals surface area contributed by atoms with Crippen LogP contribution in [-0.4, -0.2) is 25.3 Å². The van der Waals surface area contributed by atoms with E-state index in [0.29, 0.717) is 0 Å². The zero-order chi connectivity index (χ0) is 10.6. The van der Waals surface area contributed by atoms with Crippen LogP contribution in [0.1, 0.15) is 52.4 Å². The van der Waals surface area contributed by atoms with Crippen molar-refractivity contribution >= 4 is 0 Å². The van der Waals surface area contributed by atoms with E-state index in [4.69, 9.17) is 0 Å². The average Bonchev–Trinajstić information content (AvgIpc) is 2.19. The van der Waals surface area contributed by atoms with Gasteiger partial charge in [-0.3, -0.25) is 0 Å². The summed E-state index contributed by atoms with van der Waals surface area (Å²) in [5.41, 5.74) is 6.63. The van der Waals surface area contributed by atoms with Gasteiger partial charge in [0.15, 0.2) is 0 Å². The summed E-state index contributed by atoms with van der Waals surface area (Å²) in [6, 6.07) is 0. The summed E-state index contributed by atoms with van der Waals surface area (Å²) < 4.78 is 0. The van der Waals surface area contributed by atoms with Crippen molar-refractivity contribution in [3.05, 3.63) is 0 Å². The molecule has 0 aromatic rings. The van der Waals surface area contributed by atoms with Gasteiger partial charge in [0.1, 0.15) is 0 Å². The topological polar surface area (TPSA) is 27.3 Å². The number of nitrogens with zero attached hydrogens (tertiary/aromatic N) is 1. The molecule has 2 N–H and O–H groups in total. The highest BCUT2D eigenvalue weighted by molar-refractivity contribution is 4.45. The minimum atomic E-state index is 1.07. The van der Waals surface area contributed by atoms with E-state index in [1.54, 1.807) is 0 Å². The monoisotopic (exact) mass is 201 g/mol. The predicted octanol–water partition coefficient (Wildman–Crippen LogP) is 2.31. The molecular weight excluding hydrogens is 174 g/mol. The molecule has 0 spiro atoms. The van der Waals surface area contributed by atoms with Gasteiger partial charge in [-0.05, 0) is 12.8 Å². The second kappa shape index (κ2) is 11.0. The molecule has 0 aromatic carbocycles. The zero-order valence-corrected chi connectivity index (χ0v) is 10.1. The van der Waals surface area contributed by atoms with E-state index in [1.807, 2.05) is 12.2 Å². The Morgan fingerprint density at radius 3 is 1.57 bits per heavy atom. The summed E-state index contributed by atoms with van der Waals surface area (Å²) in [6.07, 6.45) is 7.73. The number of unbranched alkanes of at least 4 members (excludes halogenated alkanes) is 4. The second-order valence-electron chi connectivity index (χ2n) is 3.79. The van der Waals surface area contributed by atoms with Gasteiger partial charge in [0, 0.05) is 20.1 Å². The van der Waals surface area contributed by atoms with Gasteiger partial charge in [-0.25, -0.2) is 10.9 Å². The first kappa shape index (κ1) is 13.9. The van der Waals surface area contributed by atoms with Gasteiger partial charge in [0.05, 0.1) is 0 Å². The zero-order valence-electron chi connectivity index (χ0n) is 10.1. The molecule has 0 rings (SSSR count). The number of hydrogen-bond donors (Lipinski definition) is 2. The number of nitrogens with one attached hydrogen (secondary N) is 2. The van der Waals surface area contributed by atoms with Crippen LogP contribution in [0.4, 0.5) is 0 Å². The second-order valence-corrected chi connectivity index (χ2v) is 3.79. The first-order chi connectivity index (χ1) is 6.81. The Hall–Kier alpha value is -0.120. The molecule has 86 valence electrons. The fourth-order valence-electron chi connectivity index (χ4n) is 1.30. The highest BCUT2D eigenvalue weighted by Crippen LogP contribution is 1.92. The normalized spacial score (nSPS) is 11.1. The molecule has 0 heterocycles. The van der Waals surface area contributed by atoms with Crippen LogP contribution in [0.2, 0.25) is 0 Å². The molecule has 0 aliphatic carbocycles. The fourth-order valence-corrected chi connectivity index (χ4v) is 1.30. The Morgan fingerprint density at radius 2 is 1.21 bits per heavy atom. The van der Waals surface area contributed by atoms with Crippen molar-refractivity contribution in [3.63, 3.8) is 0 Å². The summed E-state index contributed by atoms with van der Waals surface area (Å²) in [4.78, 5) is 0. The fraction of sp³-hybridized carbons (Fsp3) is 1.00. The van der Waals surface area contributed by atoms with Crippen molar-refractivity contribution in [1.29, 1.82) is 0 Å². The molecule has 0 aliphatic rings. The van der Waals surface area contributed by atoms with Gasteiger partial charge >= 0.3 is 0 Å². The maximum atomic E-state index is 3.32. The maximum absolute atomic E-state index is 3.32. The number of hydrogen-bond acceptors (Lipinski definition) is 3. The van der Waals surface area contributed by atoms with Gasteiger partial charge in [-0.15, -0.1) is 0 Å². The molecule has 3 nitrogen and oxygen atoms in total. The molecule has 0 amide bonds. The van der Waals surface area contributed by atoms with Gasteiger partial charge in [0.2, 0.25) is 0 Å². The van der Waals surface area contributed by atoms with Crippen LogP contribution in [0, 0.1) is 0 Å². The summed E-state index contributed by atoms with van der Waals surface area (Å²) in [5.74, 6) is 0. The molecule has 0 fully saturated rings. The van der Waals surface area contributed by atoms with Crippen LogP contribution >= 0.6 is 0 Å². The van der Waals surface area contributed by atoms with E-state index in [-0.39, 0.29) is 0 Å². The molecule has 0 atom stereocenters. The van der Waals surface area contributed by atoms with Gasteiger partial charge in [-0.1, -0.05) is 39.5 Å². The highest BCUT2D eigenvalue weighted by atomic mass is 15.7. The molecule has 0 saturated carbocycles. The molecule has 0 aromatic heterocycles. The maximum Gasteiger partial charge on any atom is 0.0174 e. The standard InChI is InChI=1S/C11H27N3/c1-4-6-8-10-12-14(3)13-11-9-7-5-2/h12-13H,4-11H2,1-3H3. The van der Waals surface area contributed by atoms with Crippen LogP contribution in [-0.2, 0) is 0 Å². The predicted molar refractivity (Wildman–Crippen MR) is 62.8 cm³/mol. The van der Waals surface area contributed by atoms with E-state index in [2.05, 4.69) is 24.7 Å². The number of rotatable bonds is 10. The first-order valence-electron chi connectivity index (χ1n) is 6.02. The third kappa shape index (κ3) is 9.96. The molecule has 0 aliphatic heterocycles. The summed E-state index contributed by atoms with van der Waals surface area (Å²) in [7, 11) is 2.04. The molecule has 3 heteroatoms. The molecule has 0 saturated heterocycles. The van der Waals surface area contributed by atoms with Crippen LogP contribution in [0.25, 0.3) is 0 Å². The van der Waals surface area contributed by atoms with E-state index < -0.39 is 0 Å². The van der Waals surface area contributed by atoms with Crippen LogP contribution < -0.4 is 10.9 Å². The van der Waals surface area contributed by atoms with E-state index in [0.717, 1.165) is 13.1 Å². The lowest BCUT2D eigenvalue weighted by Crippen LogP contribution is -2.45. The van der Waals surface area contributed by atoms with Gasteiger partial charge in [0.25, 0.3) is 0 Å². The Balaban J connectivity index is 3.07. The minimum Gasteiger partial charge on any atom is -0.242 e. The van der Waals surface area contributed by atoms with E-state index in [9.17, 15) is 0 Å². The van der Waals surface area contributed by atoms with Gasteiger partial charge < -0.3 is 0 Å². The summed E-state index contributed by atoms with van der Waals surface area (Å²) in [6.45, 7) is 6.61. The van der Waals surface area contributed by atoms with Crippen molar-refractivity contribution in [2.75, 3.05) is 20.1 Å². The SMILES string of the molecule is CCCCCNN(C)NCCCCC. The number of hydrazine groups is 2. The smallest absolute Gasteiger partial charge is 0.0174 e. The van der Waals surface area contributed by atoms with Crippen LogP contribution in [0.15, 0.2) is 0 Å². The van der Waals surface area contributed by atoms with Crippen molar-refractivity contribution in [2.24, 2.45) is 0 Å². The Bertz CT molecular complexity index is 94.7. The molecule has 0 unspecified atom stereocenters. The Labute approximate surface area is 89.2 Å². The molecule has 0 bridgehead atoms. The molecule has 14 heavy (non-hydrogen) atoms. The average molecular weight is 201 g/mol. The third-order valence-electron chi connectivity index (χ3n) is 2.26. The highest BCUT2D eigenvalue weighted by Gasteiger charge is 1.94. The lowest BCUT2D eigenvalue weighted by Gasteiger charge is -2.19. The third-order valence-corrected chi connectivity index (χ3v) is 2.26. The lowest BCUT2D eigenvalue weighted by atomic mass is 10.2. The molecule has 0 radical (unpaired) electrons. The van der Waals surface area contributed by atoms with Crippen molar-refractivity contribution in [3.8, 4) is 0 Å². The quantitative estimate of drug-likeness (QED) is 0.419. The van der Waals surface area contributed by atoms with E-state index in [1.165, 1.54) is 38.5 Å². The van der Waals surface area contributed by atoms with Crippen LogP contribution in [0.5, 0.6) is 0 Å². The largest absolute Gasteiger partial charge is 0.242 e. The van der Waals surface area contributed by atoms with E-state index >= 15 is 0 Å². The lowest BCUT2D eigenvalue weighted by molar-refractivity contribution is 0.152. The van der Waals surface area contributed by atoms with Crippen molar-refractivity contribution < 1.29 is 0 Å².